The third-order valence-corrected chi connectivity index (χ3v) is 1.45. The van der Waals surface area contributed by atoms with Gasteiger partial charge < -0.3 is 9.88 Å². The molecule has 0 fully saturated rings. The molecule has 0 bridgehead atoms. The summed E-state index contributed by atoms with van der Waals surface area (Å²) in [5.74, 6) is 0.987. The molecule has 2 heterocycles. The van der Waals surface area contributed by atoms with Gasteiger partial charge in [0.15, 0.2) is 0 Å². The summed E-state index contributed by atoms with van der Waals surface area (Å²) in [5.41, 5.74) is 0. The van der Waals surface area contributed by atoms with E-state index in [2.05, 4.69) is 15.5 Å². The summed E-state index contributed by atoms with van der Waals surface area (Å²) >= 11 is 0. The van der Waals surface area contributed by atoms with Gasteiger partial charge in [0, 0.05) is 6.54 Å². The summed E-state index contributed by atoms with van der Waals surface area (Å²) in [7, 11) is 0. The molecular weight excluding hydrogens is 155 g/mol. The maximum absolute atomic E-state index is 4.17. The van der Waals surface area contributed by atoms with Crippen molar-refractivity contribution in [3.63, 3.8) is 0 Å². The molecule has 4 nitrogen and oxygen atoms in total. The van der Waals surface area contributed by atoms with E-state index in [9.17, 15) is 0 Å². The molecule has 10 heavy (non-hydrogen) atoms. The van der Waals surface area contributed by atoms with Gasteiger partial charge in [0.1, 0.15) is 12.2 Å². The van der Waals surface area contributed by atoms with E-state index < -0.39 is 0 Å². The number of nitrogens with zero attached hydrogens (tertiary/aromatic N) is 4. The van der Waals surface area contributed by atoms with E-state index in [4.69, 9.17) is 0 Å². The predicted molar refractivity (Wildman–Crippen MR) is 32.0 cm³/mol. The average molecular weight is 162 g/mol. The zero-order valence-corrected chi connectivity index (χ0v) is 9.11. The second kappa shape index (κ2) is 3.94. The molecule has 1 aromatic heterocycles. The van der Waals surface area contributed by atoms with Crippen LogP contribution in [0.3, 0.4) is 0 Å². The summed E-state index contributed by atoms with van der Waals surface area (Å²) in [6, 6.07) is 0. The van der Waals surface area contributed by atoms with Crippen molar-refractivity contribution in [1.82, 2.24) is 14.8 Å². The number of aromatic nitrogens is 3. The van der Waals surface area contributed by atoms with Crippen LogP contribution < -0.4 is 51.4 Å². The minimum Gasteiger partial charge on any atom is -0.654 e. The first-order chi connectivity index (χ1) is 4.47. The van der Waals surface area contributed by atoms with Gasteiger partial charge in [-0.15, -0.1) is 16.7 Å². The summed E-state index contributed by atoms with van der Waals surface area (Å²) in [6.07, 6.45) is 1.75. The van der Waals surface area contributed by atoms with Gasteiger partial charge in [-0.05, 0) is 0 Å². The van der Waals surface area contributed by atoms with Crippen LogP contribution >= 0.6 is 0 Å². The molecule has 1 aliphatic heterocycles. The molecule has 0 saturated heterocycles. The van der Waals surface area contributed by atoms with Crippen molar-refractivity contribution in [2.24, 2.45) is 0 Å². The van der Waals surface area contributed by atoms with Crippen LogP contribution in [0, 0.1) is 0 Å². The first kappa shape index (κ1) is 8.83. The maximum Gasteiger partial charge on any atom is 1.00 e. The molecule has 0 aromatic carbocycles. The van der Waals surface area contributed by atoms with E-state index in [1.54, 1.807) is 6.33 Å². The fourth-order valence-electron chi connectivity index (χ4n) is 0.946. The molecule has 0 N–H and O–H groups in total. The number of fused-ring (bicyclic) bond motifs is 1. The predicted octanol–water partition coefficient (Wildman–Crippen LogP) is -2.83. The molecule has 48 valence electrons. The van der Waals surface area contributed by atoms with Gasteiger partial charge in [-0.3, -0.25) is 0 Å². The Balaban J connectivity index is 0.000000500. The quantitative estimate of drug-likeness (QED) is 0.386. The molecule has 1 aliphatic rings. The summed E-state index contributed by atoms with van der Waals surface area (Å²) < 4.78 is 2.03. The second-order valence-electron chi connectivity index (χ2n) is 2.05. The van der Waals surface area contributed by atoms with Crippen molar-refractivity contribution < 1.29 is 51.4 Å². The minimum absolute atomic E-state index is 0. The third kappa shape index (κ3) is 1.66. The number of hydrogen-bond donors (Lipinski definition) is 0. The Hall–Kier alpha value is 0.736. The smallest absolute Gasteiger partial charge is 0.654 e. The fraction of sp³-hybridized carbons (Fsp3) is 0.600. The van der Waals surface area contributed by atoms with E-state index in [0.29, 0.717) is 0 Å². The molecule has 1 aromatic rings. The molecule has 0 aliphatic carbocycles. The van der Waals surface area contributed by atoms with Crippen LogP contribution in [0.5, 0.6) is 0 Å². The first-order valence-corrected chi connectivity index (χ1v) is 2.97. The largest absolute Gasteiger partial charge is 1.00 e. The molecule has 0 radical (unpaired) electrons. The molecule has 5 heteroatoms. The van der Waals surface area contributed by atoms with Crippen molar-refractivity contribution >= 4 is 0 Å². The zero-order chi connectivity index (χ0) is 6.10. The Bertz CT molecular complexity index is 189. The van der Waals surface area contributed by atoms with E-state index in [1.807, 2.05) is 4.57 Å². The first-order valence-electron chi connectivity index (χ1n) is 2.97. The fourth-order valence-corrected chi connectivity index (χ4v) is 0.946. The number of hydrogen-bond acceptors (Lipinski definition) is 2. The van der Waals surface area contributed by atoms with Crippen LogP contribution in [-0.2, 0) is 13.1 Å². The molecule has 0 saturated carbocycles. The van der Waals surface area contributed by atoms with E-state index in [-0.39, 0.29) is 51.4 Å². The van der Waals surface area contributed by atoms with Crippen LogP contribution in [0.15, 0.2) is 6.33 Å². The van der Waals surface area contributed by atoms with Crippen LogP contribution in [0.1, 0.15) is 5.82 Å². The molecule has 0 amide bonds. The van der Waals surface area contributed by atoms with Crippen LogP contribution in [-0.4, -0.2) is 21.3 Å². The molecule has 0 atom stereocenters. The van der Waals surface area contributed by atoms with Gasteiger partial charge >= 0.3 is 51.4 Å². The van der Waals surface area contributed by atoms with Gasteiger partial charge in [-0.2, -0.15) is 0 Å². The topological polar surface area (TPSA) is 44.8 Å². The monoisotopic (exact) mass is 162 g/mol. The minimum atomic E-state index is 0. The molecular formula is C5H7KN4. The van der Waals surface area contributed by atoms with Gasteiger partial charge in [-0.25, -0.2) is 0 Å². The average Bonchev–Trinajstić information content (AvgIpc) is 2.33. The van der Waals surface area contributed by atoms with Crippen LogP contribution in [0.25, 0.3) is 5.32 Å². The van der Waals surface area contributed by atoms with Gasteiger partial charge in [0.05, 0.1) is 0 Å². The van der Waals surface area contributed by atoms with Crippen molar-refractivity contribution in [3.8, 4) is 0 Å². The summed E-state index contributed by atoms with van der Waals surface area (Å²) in [6.45, 7) is 2.59. The Morgan fingerprint density at radius 3 is 3.30 bits per heavy atom. The van der Waals surface area contributed by atoms with Crippen LogP contribution in [0.4, 0.5) is 0 Å². The third-order valence-electron chi connectivity index (χ3n) is 1.45. The molecule has 0 unspecified atom stereocenters. The van der Waals surface area contributed by atoms with Crippen molar-refractivity contribution in [2.75, 3.05) is 6.54 Å². The van der Waals surface area contributed by atoms with Crippen molar-refractivity contribution in [2.45, 2.75) is 13.1 Å². The standard InChI is InChI=1S/C5H7N4.K/c1-2-9-4-7-8-5(9)3-6-1;/h4H,1-3H2;/q-1;+1. The van der Waals surface area contributed by atoms with Crippen molar-refractivity contribution in [1.29, 1.82) is 0 Å². The Morgan fingerprint density at radius 1 is 1.60 bits per heavy atom. The number of rotatable bonds is 0. The van der Waals surface area contributed by atoms with Crippen molar-refractivity contribution in [3.05, 3.63) is 17.5 Å². The van der Waals surface area contributed by atoms with Gasteiger partial charge in [0.2, 0.25) is 0 Å². The normalized spacial score (nSPS) is 15.6. The maximum atomic E-state index is 4.17. The zero-order valence-electron chi connectivity index (χ0n) is 5.99. The van der Waals surface area contributed by atoms with Crippen LogP contribution in [0.2, 0.25) is 0 Å². The van der Waals surface area contributed by atoms with E-state index >= 15 is 0 Å². The van der Waals surface area contributed by atoms with E-state index in [1.165, 1.54) is 0 Å². The van der Waals surface area contributed by atoms with Gasteiger partial charge in [-0.1, -0.05) is 6.54 Å². The van der Waals surface area contributed by atoms with E-state index in [0.717, 1.165) is 25.5 Å². The summed E-state index contributed by atoms with van der Waals surface area (Å²) in [5, 5.41) is 11.8. The Kier molecular flexibility index (Phi) is 3.48. The Morgan fingerprint density at radius 2 is 2.50 bits per heavy atom. The van der Waals surface area contributed by atoms with Gasteiger partial charge in [0.25, 0.3) is 0 Å². The second-order valence-corrected chi connectivity index (χ2v) is 2.05. The SMILES string of the molecule is [K+].c1nnc2n1CC[N-]C2. The Labute approximate surface area is 102 Å². The molecule has 0 spiro atoms. The molecule has 2 rings (SSSR count). The summed E-state index contributed by atoms with van der Waals surface area (Å²) in [4.78, 5) is 0.